The van der Waals surface area contributed by atoms with E-state index in [2.05, 4.69) is 158 Å². The molecule has 0 fully saturated rings. The SMILES string of the molecule is C1=Cc2ccc(-c3c4ccccc4c(-c4ccc5ccccc5c4)c4ccc(-c5ccc(C6C=Nc7ccccc7C6)nc5)cc34)cc2CC1. The predicted molar refractivity (Wildman–Crippen MR) is 211 cm³/mol. The Morgan fingerprint density at radius 1 is 0.520 bits per heavy atom. The lowest BCUT2D eigenvalue weighted by molar-refractivity contribution is 0.841. The van der Waals surface area contributed by atoms with E-state index < -0.39 is 0 Å². The maximum Gasteiger partial charge on any atom is 0.0658 e. The molecule has 8 aromatic rings. The van der Waals surface area contributed by atoms with Crippen LogP contribution < -0.4 is 0 Å². The summed E-state index contributed by atoms with van der Waals surface area (Å²) in [5.41, 5.74) is 13.5. The van der Waals surface area contributed by atoms with E-state index >= 15 is 0 Å². The topological polar surface area (TPSA) is 25.2 Å². The van der Waals surface area contributed by atoms with Crippen LogP contribution in [0.15, 0.2) is 157 Å². The van der Waals surface area contributed by atoms with E-state index in [-0.39, 0.29) is 5.92 Å². The van der Waals surface area contributed by atoms with Crippen molar-refractivity contribution in [2.24, 2.45) is 4.99 Å². The molecule has 1 aliphatic carbocycles. The van der Waals surface area contributed by atoms with Gasteiger partial charge in [-0.2, -0.15) is 0 Å². The molecule has 0 radical (unpaired) electrons. The highest BCUT2D eigenvalue weighted by molar-refractivity contribution is 6.22. The summed E-state index contributed by atoms with van der Waals surface area (Å²) in [6, 6.07) is 51.4. The highest BCUT2D eigenvalue weighted by Gasteiger charge is 2.20. The molecule has 2 aliphatic rings. The minimum Gasteiger partial charge on any atom is -0.260 e. The molecule has 0 amide bonds. The van der Waals surface area contributed by atoms with Crippen LogP contribution in [0.4, 0.5) is 5.69 Å². The van der Waals surface area contributed by atoms with E-state index in [1.165, 1.54) is 76.8 Å². The number of aromatic nitrogens is 1. The zero-order chi connectivity index (χ0) is 33.0. The molecule has 10 rings (SSSR count). The van der Waals surface area contributed by atoms with Crippen LogP contribution >= 0.6 is 0 Å². The van der Waals surface area contributed by atoms with Crippen molar-refractivity contribution in [3.63, 3.8) is 0 Å². The predicted octanol–water partition coefficient (Wildman–Crippen LogP) is 12.5. The summed E-state index contributed by atoms with van der Waals surface area (Å²) in [6.45, 7) is 0. The number of benzene rings is 7. The Balaban J connectivity index is 1.16. The number of nitrogens with zero attached hydrogens (tertiary/aromatic N) is 2. The van der Waals surface area contributed by atoms with Gasteiger partial charge in [-0.05, 0) is 120 Å². The molecule has 2 nitrogen and oxygen atoms in total. The van der Waals surface area contributed by atoms with Crippen LogP contribution in [0.1, 0.15) is 34.7 Å². The average molecular weight is 639 g/mol. The van der Waals surface area contributed by atoms with Crippen molar-refractivity contribution in [3.05, 3.63) is 174 Å². The normalized spacial score (nSPS) is 15.0. The van der Waals surface area contributed by atoms with Gasteiger partial charge in [-0.15, -0.1) is 0 Å². The van der Waals surface area contributed by atoms with Crippen molar-refractivity contribution >= 4 is 50.3 Å². The first-order chi connectivity index (χ1) is 24.8. The van der Waals surface area contributed by atoms with Crippen molar-refractivity contribution in [3.8, 4) is 33.4 Å². The van der Waals surface area contributed by atoms with Gasteiger partial charge in [-0.3, -0.25) is 9.98 Å². The molecule has 2 heterocycles. The maximum absolute atomic E-state index is 5.01. The molecule has 0 N–H and O–H groups in total. The second-order valence-corrected chi connectivity index (χ2v) is 13.7. The van der Waals surface area contributed by atoms with Crippen LogP contribution in [0.5, 0.6) is 0 Å². The Morgan fingerprint density at radius 2 is 1.24 bits per heavy atom. The number of aryl methyl sites for hydroxylation is 1. The molecule has 7 aromatic carbocycles. The number of rotatable bonds is 4. The first kappa shape index (κ1) is 28.9. The largest absolute Gasteiger partial charge is 0.260 e. The van der Waals surface area contributed by atoms with Crippen molar-refractivity contribution < 1.29 is 0 Å². The second kappa shape index (κ2) is 11.8. The molecular formula is C48H34N2. The van der Waals surface area contributed by atoms with Gasteiger partial charge in [-0.25, -0.2) is 0 Å². The monoisotopic (exact) mass is 638 g/mol. The summed E-state index contributed by atoms with van der Waals surface area (Å²) in [6.07, 6.45) is 11.7. The Labute approximate surface area is 292 Å². The fourth-order valence-corrected chi connectivity index (χ4v) is 8.16. The number of para-hydroxylation sites is 1. The Hall–Kier alpha value is -6.12. The molecule has 50 heavy (non-hydrogen) atoms. The summed E-state index contributed by atoms with van der Waals surface area (Å²) < 4.78 is 0. The third kappa shape index (κ3) is 4.87. The Bertz CT molecular complexity index is 2680. The third-order valence-corrected chi connectivity index (χ3v) is 10.7. The average Bonchev–Trinajstić information content (AvgIpc) is 3.19. The fraction of sp³-hybridized carbons (Fsp3) is 0.0833. The molecule has 1 unspecified atom stereocenters. The molecule has 1 aliphatic heterocycles. The third-order valence-electron chi connectivity index (χ3n) is 10.7. The molecule has 2 heteroatoms. The molecule has 0 saturated carbocycles. The molecule has 1 atom stereocenters. The minimum atomic E-state index is 0.178. The van der Waals surface area contributed by atoms with E-state index in [4.69, 9.17) is 9.98 Å². The summed E-state index contributed by atoms with van der Waals surface area (Å²) in [5.74, 6) is 0.178. The number of aliphatic imine (C=N–C) groups is 1. The van der Waals surface area contributed by atoms with Gasteiger partial charge in [0.25, 0.3) is 0 Å². The lowest BCUT2D eigenvalue weighted by Crippen LogP contribution is -2.10. The zero-order valence-corrected chi connectivity index (χ0v) is 27.7. The lowest BCUT2D eigenvalue weighted by Gasteiger charge is -2.20. The molecular weight excluding hydrogens is 605 g/mol. The van der Waals surface area contributed by atoms with Crippen LogP contribution in [0, 0.1) is 0 Å². The molecule has 0 bridgehead atoms. The summed E-state index contributed by atoms with van der Waals surface area (Å²) in [4.78, 5) is 9.74. The summed E-state index contributed by atoms with van der Waals surface area (Å²) in [5, 5.41) is 7.58. The summed E-state index contributed by atoms with van der Waals surface area (Å²) >= 11 is 0. The van der Waals surface area contributed by atoms with E-state index in [1.807, 2.05) is 6.20 Å². The second-order valence-electron chi connectivity index (χ2n) is 13.7. The summed E-state index contributed by atoms with van der Waals surface area (Å²) in [7, 11) is 0. The molecule has 0 spiro atoms. The molecule has 1 aromatic heterocycles. The molecule has 0 saturated heterocycles. The van der Waals surface area contributed by atoms with Gasteiger partial charge in [0.15, 0.2) is 0 Å². The van der Waals surface area contributed by atoms with Crippen molar-refractivity contribution in [2.45, 2.75) is 25.2 Å². The van der Waals surface area contributed by atoms with Gasteiger partial charge in [0.2, 0.25) is 0 Å². The van der Waals surface area contributed by atoms with Gasteiger partial charge in [0.05, 0.1) is 5.69 Å². The first-order valence-electron chi connectivity index (χ1n) is 17.6. The number of fused-ring (bicyclic) bond motifs is 5. The van der Waals surface area contributed by atoms with E-state index in [0.29, 0.717) is 0 Å². The standard InChI is InChI=1S/C48H34N2/c1-3-11-33-25-37(19-17-31(33)9-1)47-41-14-6-7-15-42(41)48(38-20-18-32-10-2-4-12-34(32)26-38)44-28-35(21-23-43(44)47)39-22-24-46(49-29-39)40-27-36-13-5-8-16-45(36)50-30-40/h1-3,5-11,13-26,28-30,40H,4,12,27H2. The van der Waals surface area contributed by atoms with E-state index in [9.17, 15) is 0 Å². The van der Waals surface area contributed by atoms with Crippen LogP contribution in [0.2, 0.25) is 0 Å². The highest BCUT2D eigenvalue weighted by atomic mass is 14.8. The van der Waals surface area contributed by atoms with Gasteiger partial charge >= 0.3 is 0 Å². The zero-order valence-electron chi connectivity index (χ0n) is 27.7. The van der Waals surface area contributed by atoms with Gasteiger partial charge in [0, 0.05) is 29.6 Å². The van der Waals surface area contributed by atoms with Crippen molar-refractivity contribution in [2.75, 3.05) is 0 Å². The van der Waals surface area contributed by atoms with Crippen LogP contribution in [0.25, 0.3) is 71.8 Å². The van der Waals surface area contributed by atoms with Crippen molar-refractivity contribution in [1.82, 2.24) is 4.98 Å². The maximum atomic E-state index is 5.01. The Morgan fingerprint density at radius 3 is 2.12 bits per heavy atom. The fourth-order valence-electron chi connectivity index (χ4n) is 8.16. The van der Waals surface area contributed by atoms with E-state index in [0.717, 1.165) is 36.2 Å². The smallest absolute Gasteiger partial charge is 0.0658 e. The van der Waals surface area contributed by atoms with Gasteiger partial charge < -0.3 is 0 Å². The lowest BCUT2D eigenvalue weighted by atomic mass is 9.83. The minimum absolute atomic E-state index is 0.178. The molecule has 236 valence electrons. The number of allylic oxidation sites excluding steroid dienone is 1. The van der Waals surface area contributed by atoms with Crippen LogP contribution in [-0.2, 0) is 12.8 Å². The Kier molecular flexibility index (Phi) is 6.80. The van der Waals surface area contributed by atoms with Crippen LogP contribution in [-0.4, -0.2) is 11.2 Å². The number of hydrogen-bond acceptors (Lipinski definition) is 2. The quantitative estimate of drug-likeness (QED) is 0.176. The van der Waals surface area contributed by atoms with Gasteiger partial charge in [0.1, 0.15) is 0 Å². The van der Waals surface area contributed by atoms with Gasteiger partial charge in [-0.1, -0.05) is 127 Å². The number of pyridine rings is 1. The highest BCUT2D eigenvalue weighted by Crippen LogP contribution is 2.46. The van der Waals surface area contributed by atoms with Crippen molar-refractivity contribution in [1.29, 1.82) is 0 Å². The first-order valence-corrected chi connectivity index (χ1v) is 17.6. The van der Waals surface area contributed by atoms with Crippen LogP contribution in [0.3, 0.4) is 0 Å². The number of hydrogen-bond donors (Lipinski definition) is 0. The van der Waals surface area contributed by atoms with E-state index in [1.54, 1.807) is 0 Å².